The van der Waals surface area contributed by atoms with Crippen molar-refractivity contribution in [2.75, 3.05) is 26.2 Å². The van der Waals surface area contributed by atoms with Crippen molar-refractivity contribution in [3.05, 3.63) is 11.8 Å². The molecule has 3 fully saturated rings. The Balaban J connectivity index is 1.38. The van der Waals surface area contributed by atoms with Crippen molar-refractivity contribution < 1.29 is 14.3 Å². The molecule has 4 rings (SSSR count). The molecule has 140 valence electrons. The first-order valence-electron chi connectivity index (χ1n) is 9.67. The molecule has 0 saturated carbocycles. The van der Waals surface area contributed by atoms with E-state index in [1.807, 2.05) is 4.90 Å². The molecular weight excluding hydrogens is 330 g/mol. The van der Waals surface area contributed by atoms with Crippen LogP contribution in [-0.4, -0.2) is 60.1 Å². The number of hydrogen-bond acceptors (Lipinski definition) is 4. The quantitative estimate of drug-likeness (QED) is 0.767. The largest absolute Gasteiger partial charge is 0.436 e. The second-order valence-corrected chi connectivity index (χ2v) is 7.99. The van der Waals surface area contributed by atoms with Gasteiger partial charge in [-0.05, 0) is 44.1 Å². The molecule has 0 aromatic rings. The summed E-state index contributed by atoms with van der Waals surface area (Å²) in [4.78, 5) is 28.4. The smallest absolute Gasteiger partial charge is 0.411 e. The molecule has 4 heterocycles. The van der Waals surface area contributed by atoms with Gasteiger partial charge in [0.05, 0.1) is 6.04 Å². The van der Waals surface area contributed by atoms with Gasteiger partial charge < -0.3 is 15.0 Å². The fraction of sp³-hybridized carbons (Fsp3) is 0.700. The van der Waals surface area contributed by atoms with E-state index in [4.69, 9.17) is 4.74 Å². The van der Waals surface area contributed by atoms with E-state index in [9.17, 15) is 9.59 Å². The second-order valence-electron chi connectivity index (χ2n) is 7.99. The third kappa shape index (κ3) is 3.15. The van der Waals surface area contributed by atoms with Gasteiger partial charge in [0.25, 0.3) is 0 Å². The number of ether oxygens (including phenoxy) is 1. The standard InChI is InChI=1S/C20H27N3O3/c1-2-3-10-26-19(25)23-15-4-5-16(23)12-17(11-15)22-8-6-20(7-9-22)13-18(24)21-14-20/h11,15-16H,4-10,12-14H2,1H3,(H,21,24). The maximum Gasteiger partial charge on any atom is 0.411 e. The van der Waals surface area contributed by atoms with E-state index in [1.165, 1.54) is 5.70 Å². The van der Waals surface area contributed by atoms with Crippen LogP contribution in [0.3, 0.4) is 0 Å². The number of carbonyl (C=O) groups is 2. The summed E-state index contributed by atoms with van der Waals surface area (Å²) in [6.07, 6.45) is 7.82. The van der Waals surface area contributed by atoms with Crippen LogP contribution in [0.15, 0.2) is 11.8 Å². The fourth-order valence-electron chi connectivity index (χ4n) is 4.94. The zero-order chi connectivity index (χ0) is 18.1. The molecule has 0 aromatic carbocycles. The highest BCUT2D eigenvalue weighted by molar-refractivity contribution is 5.79. The fourth-order valence-corrected chi connectivity index (χ4v) is 4.94. The van der Waals surface area contributed by atoms with E-state index >= 15 is 0 Å². The molecule has 1 spiro atoms. The van der Waals surface area contributed by atoms with Crippen LogP contribution < -0.4 is 5.32 Å². The lowest BCUT2D eigenvalue weighted by Crippen LogP contribution is -2.47. The monoisotopic (exact) mass is 357 g/mol. The average molecular weight is 357 g/mol. The van der Waals surface area contributed by atoms with Crippen LogP contribution in [0.4, 0.5) is 4.79 Å². The lowest BCUT2D eigenvalue weighted by atomic mass is 9.77. The Bertz CT molecular complexity index is 682. The van der Waals surface area contributed by atoms with Crippen molar-refractivity contribution in [1.29, 1.82) is 0 Å². The molecule has 2 bridgehead atoms. The average Bonchev–Trinajstić information content (AvgIpc) is 3.12. The van der Waals surface area contributed by atoms with E-state index in [0.29, 0.717) is 6.42 Å². The first-order valence-corrected chi connectivity index (χ1v) is 9.67. The second kappa shape index (κ2) is 6.86. The van der Waals surface area contributed by atoms with Crippen molar-refractivity contribution in [3.63, 3.8) is 0 Å². The summed E-state index contributed by atoms with van der Waals surface area (Å²) in [7, 11) is 0. The van der Waals surface area contributed by atoms with E-state index in [2.05, 4.69) is 28.1 Å². The van der Waals surface area contributed by atoms with Crippen LogP contribution in [0, 0.1) is 17.3 Å². The lowest BCUT2D eigenvalue weighted by Gasteiger charge is -2.43. The summed E-state index contributed by atoms with van der Waals surface area (Å²) in [6, 6.07) is 0.393. The molecule has 0 aliphatic carbocycles. The van der Waals surface area contributed by atoms with Crippen LogP contribution in [0.2, 0.25) is 0 Å². The van der Waals surface area contributed by atoms with Crippen LogP contribution in [-0.2, 0) is 9.53 Å². The maximum atomic E-state index is 12.4. The molecule has 4 aliphatic rings. The van der Waals surface area contributed by atoms with Crippen LogP contribution in [0.1, 0.15) is 45.4 Å². The van der Waals surface area contributed by atoms with Gasteiger partial charge in [0.1, 0.15) is 0 Å². The summed E-state index contributed by atoms with van der Waals surface area (Å²) in [6.45, 7) is 4.77. The van der Waals surface area contributed by atoms with Gasteiger partial charge >= 0.3 is 6.09 Å². The molecule has 6 heteroatoms. The highest BCUT2D eigenvalue weighted by atomic mass is 16.6. The van der Waals surface area contributed by atoms with Gasteiger partial charge in [0, 0.05) is 44.2 Å². The van der Waals surface area contributed by atoms with Gasteiger partial charge in [0.15, 0.2) is 6.61 Å². The van der Waals surface area contributed by atoms with Crippen LogP contribution in [0.5, 0.6) is 0 Å². The van der Waals surface area contributed by atoms with Gasteiger partial charge in [-0.3, -0.25) is 9.69 Å². The first kappa shape index (κ1) is 17.3. The Morgan fingerprint density at radius 3 is 2.85 bits per heavy atom. The Labute approximate surface area is 154 Å². The van der Waals surface area contributed by atoms with Gasteiger partial charge in [-0.1, -0.05) is 5.92 Å². The molecule has 3 saturated heterocycles. The summed E-state index contributed by atoms with van der Waals surface area (Å²) < 4.78 is 5.29. The minimum atomic E-state index is -0.233. The normalized spacial score (nSPS) is 29.1. The van der Waals surface area contributed by atoms with Crippen LogP contribution >= 0.6 is 0 Å². The summed E-state index contributed by atoms with van der Waals surface area (Å²) in [5.74, 6) is 5.73. The van der Waals surface area contributed by atoms with Gasteiger partial charge in [-0.25, -0.2) is 4.79 Å². The highest BCUT2D eigenvalue weighted by Gasteiger charge is 2.44. The van der Waals surface area contributed by atoms with Gasteiger partial charge in [-0.15, -0.1) is 5.92 Å². The van der Waals surface area contributed by atoms with Gasteiger partial charge in [0.2, 0.25) is 5.91 Å². The molecule has 4 aliphatic heterocycles. The number of piperidine rings is 1. The Kier molecular flexibility index (Phi) is 4.56. The third-order valence-corrected chi connectivity index (χ3v) is 6.46. The molecule has 0 radical (unpaired) electrons. The number of likely N-dealkylation sites (tertiary alicyclic amines) is 1. The zero-order valence-electron chi connectivity index (χ0n) is 15.4. The van der Waals surface area contributed by atoms with Crippen molar-refractivity contribution in [2.24, 2.45) is 5.41 Å². The number of nitrogens with zero attached hydrogens (tertiary/aromatic N) is 2. The van der Waals surface area contributed by atoms with Crippen molar-refractivity contribution in [3.8, 4) is 11.8 Å². The highest BCUT2D eigenvalue weighted by Crippen LogP contribution is 2.41. The Hall–Kier alpha value is -2.16. The molecule has 6 nitrogen and oxygen atoms in total. The predicted octanol–water partition coefficient (Wildman–Crippen LogP) is 1.87. The minimum absolute atomic E-state index is 0.149. The van der Waals surface area contributed by atoms with E-state index in [0.717, 1.165) is 51.7 Å². The number of hydrogen-bond donors (Lipinski definition) is 1. The SMILES string of the molecule is CC#CCOC(=O)N1C2C=C(N3CCC4(CC3)CNC(=O)C4)CC1CC2. The third-order valence-electron chi connectivity index (χ3n) is 6.46. The van der Waals surface area contributed by atoms with E-state index in [1.54, 1.807) is 6.92 Å². The molecule has 26 heavy (non-hydrogen) atoms. The summed E-state index contributed by atoms with van der Waals surface area (Å²) in [5.41, 5.74) is 1.56. The molecule has 2 unspecified atom stereocenters. The number of rotatable bonds is 2. The number of nitrogens with one attached hydrogen (secondary N) is 1. The Morgan fingerprint density at radius 1 is 1.38 bits per heavy atom. The molecule has 2 atom stereocenters. The molecule has 2 amide bonds. The van der Waals surface area contributed by atoms with Gasteiger partial charge in [-0.2, -0.15) is 0 Å². The van der Waals surface area contributed by atoms with Crippen molar-refractivity contribution in [1.82, 2.24) is 15.1 Å². The van der Waals surface area contributed by atoms with Crippen molar-refractivity contribution in [2.45, 2.75) is 57.5 Å². The van der Waals surface area contributed by atoms with E-state index < -0.39 is 0 Å². The predicted molar refractivity (Wildman–Crippen MR) is 97.0 cm³/mol. The van der Waals surface area contributed by atoms with E-state index in [-0.39, 0.29) is 36.1 Å². The molecular formula is C20H27N3O3. The number of fused-ring (bicyclic) bond motifs is 2. The lowest BCUT2D eigenvalue weighted by molar-refractivity contribution is -0.119. The summed E-state index contributed by atoms with van der Waals surface area (Å²) in [5, 5.41) is 3.00. The maximum absolute atomic E-state index is 12.4. The number of amides is 2. The molecule has 1 N–H and O–H groups in total. The van der Waals surface area contributed by atoms with Crippen LogP contribution in [0.25, 0.3) is 0 Å². The number of carbonyl (C=O) groups excluding carboxylic acids is 2. The zero-order valence-corrected chi connectivity index (χ0v) is 15.4. The Morgan fingerprint density at radius 2 is 2.19 bits per heavy atom. The molecule has 0 aromatic heterocycles. The minimum Gasteiger partial charge on any atom is -0.436 e. The summed E-state index contributed by atoms with van der Waals surface area (Å²) >= 11 is 0. The van der Waals surface area contributed by atoms with Crippen molar-refractivity contribution >= 4 is 12.0 Å². The first-order chi connectivity index (χ1) is 12.6. The topological polar surface area (TPSA) is 61.9 Å².